The average molecular weight is 263 g/mol. The van der Waals surface area contributed by atoms with E-state index < -0.39 is 10.1 Å². The van der Waals surface area contributed by atoms with E-state index in [1.807, 2.05) is 36.4 Å². The van der Waals surface area contributed by atoms with Crippen LogP contribution in [-0.2, 0) is 20.9 Å². The highest BCUT2D eigenvalue weighted by atomic mass is 32.2. The van der Waals surface area contributed by atoms with Gasteiger partial charge in [0.05, 0.1) is 12.9 Å². The molecule has 0 fully saturated rings. The molecule has 1 aromatic heterocycles. The molecule has 2 aromatic rings. The summed E-state index contributed by atoms with van der Waals surface area (Å²) in [4.78, 5) is 4.05. The molecule has 1 aromatic carbocycles. The normalized spacial score (nSPS) is 11.4. The predicted molar refractivity (Wildman–Crippen MR) is 69.3 cm³/mol. The van der Waals surface area contributed by atoms with Crippen LogP contribution in [0.25, 0.3) is 11.1 Å². The lowest BCUT2D eigenvalue weighted by Gasteiger charge is -2.08. The van der Waals surface area contributed by atoms with Gasteiger partial charge in [-0.3, -0.25) is 9.17 Å². The molecule has 0 spiro atoms. The predicted octanol–water partition coefficient (Wildman–Crippen LogP) is 2.22. The highest BCUT2D eigenvalue weighted by Crippen LogP contribution is 2.23. The lowest BCUT2D eigenvalue weighted by Crippen LogP contribution is -2.03. The molecule has 0 radical (unpaired) electrons. The fourth-order valence-corrected chi connectivity index (χ4v) is 1.96. The van der Waals surface area contributed by atoms with Crippen LogP contribution in [0.1, 0.15) is 5.56 Å². The van der Waals surface area contributed by atoms with Gasteiger partial charge in [0.1, 0.15) is 0 Å². The third-order valence-corrected chi connectivity index (χ3v) is 2.96. The van der Waals surface area contributed by atoms with Gasteiger partial charge in [-0.15, -0.1) is 0 Å². The van der Waals surface area contributed by atoms with E-state index in [2.05, 4.69) is 4.98 Å². The fourth-order valence-electron chi connectivity index (χ4n) is 1.62. The second-order valence-corrected chi connectivity index (χ2v) is 5.51. The summed E-state index contributed by atoms with van der Waals surface area (Å²) >= 11 is 0. The molecular weight excluding hydrogens is 250 g/mol. The molecule has 0 amide bonds. The van der Waals surface area contributed by atoms with Crippen LogP contribution in [0.4, 0.5) is 0 Å². The largest absolute Gasteiger partial charge is 0.265 e. The summed E-state index contributed by atoms with van der Waals surface area (Å²) in [7, 11) is -3.44. The van der Waals surface area contributed by atoms with Crippen molar-refractivity contribution < 1.29 is 12.6 Å². The first-order valence-corrected chi connectivity index (χ1v) is 7.20. The number of aromatic nitrogens is 1. The van der Waals surface area contributed by atoms with Crippen LogP contribution >= 0.6 is 0 Å². The number of nitrogens with zero attached hydrogens (tertiary/aromatic N) is 1. The Kier molecular flexibility index (Phi) is 3.74. The van der Waals surface area contributed by atoms with Crippen LogP contribution in [0.15, 0.2) is 48.8 Å². The van der Waals surface area contributed by atoms with Crippen molar-refractivity contribution in [1.82, 2.24) is 4.98 Å². The first-order valence-electron chi connectivity index (χ1n) is 5.39. The zero-order valence-electron chi connectivity index (χ0n) is 9.91. The molecular formula is C13H13NO3S. The second kappa shape index (κ2) is 5.29. The van der Waals surface area contributed by atoms with E-state index in [4.69, 9.17) is 4.18 Å². The summed E-state index contributed by atoms with van der Waals surface area (Å²) in [6, 6.07) is 11.3. The number of hydrogen-bond donors (Lipinski definition) is 0. The van der Waals surface area contributed by atoms with Crippen molar-refractivity contribution in [3.05, 3.63) is 54.4 Å². The molecule has 5 heteroatoms. The fraction of sp³-hybridized carbons (Fsp3) is 0.154. The maximum atomic E-state index is 11.0. The molecule has 4 nitrogen and oxygen atoms in total. The van der Waals surface area contributed by atoms with Gasteiger partial charge in [-0.05, 0) is 17.2 Å². The van der Waals surface area contributed by atoms with E-state index in [-0.39, 0.29) is 6.61 Å². The second-order valence-electron chi connectivity index (χ2n) is 3.87. The van der Waals surface area contributed by atoms with E-state index in [1.165, 1.54) is 0 Å². The van der Waals surface area contributed by atoms with Gasteiger partial charge in [0.2, 0.25) is 0 Å². The molecule has 18 heavy (non-hydrogen) atoms. The summed E-state index contributed by atoms with van der Waals surface area (Å²) < 4.78 is 26.9. The first-order chi connectivity index (χ1) is 8.56. The molecule has 0 atom stereocenters. The van der Waals surface area contributed by atoms with E-state index in [9.17, 15) is 8.42 Å². The van der Waals surface area contributed by atoms with Gasteiger partial charge >= 0.3 is 0 Å². The molecule has 94 valence electrons. The first kappa shape index (κ1) is 12.7. The Hall–Kier alpha value is -1.72. The summed E-state index contributed by atoms with van der Waals surface area (Å²) in [5.74, 6) is 0. The van der Waals surface area contributed by atoms with Crippen molar-refractivity contribution in [2.45, 2.75) is 6.61 Å². The average Bonchev–Trinajstić information content (AvgIpc) is 2.37. The van der Waals surface area contributed by atoms with Crippen LogP contribution in [-0.4, -0.2) is 19.7 Å². The molecule has 1 heterocycles. The lowest BCUT2D eigenvalue weighted by molar-refractivity contribution is 0.312. The molecule has 0 aliphatic heterocycles. The Bertz CT molecular complexity index is 624. The van der Waals surface area contributed by atoms with Crippen molar-refractivity contribution in [2.75, 3.05) is 6.26 Å². The zero-order chi connectivity index (χ0) is 13.0. The SMILES string of the molecule is CS(=O)(=O)OCc1ccccc1-c1cccnc1. The molecule has 0 aliphatic carbocycles. The molecule has 0 unspecified atom stereocenters. The van der Waals surface area contributed by atoms with Crippen LogP contribution in [0.3, 0.4) is 0 Å². The van der Waals surface area contributed by atoms with Gasteiger partial charge in [-0.1, -0.05) is 30.3 Å². The third kappa shape index (κ3) is 3.38. The van der Waals surface area contributed by atoms with Gasteiger partial charge in [-0.25, -0.2) is 0 Å². The molecule has 0 saturated heterocycles. The smallest absolute Gasteiger partial charge is 0.264 e. The van der Waals surface area contributed by atoms with E-state index in [0.29, 0.717) is 0 Å². The Morgan fingerprint density at radius 3 is 2.61 bits per heavy atom. The topological polar surface area (TPSA) is 56.3 Å². The highest BCUT2D eigenvalue weighted by molar-refractivity contribution is 7.85. The Morgan fingerprint density at radius 1 is 1.17 bits per heavy atom. The number of pyridine rings is 1. The summed E-state index contributed by atoms with van der Waals surface area (Å²) in [6.45, 7) is 0.0316. The maximum absolute atomic E-state index is 11.0. The number of hydrogen-bond acceptors (Lipinski definition) is 4. The Morgan fingerprint density at radius 2 is 1.94 bits per heavy atom. The van der Waals surface area contributed by atoms with Crippen molar-refractivity contribution in [2.24, 2.45) is 0 Å². The minimum Gasteiger partial charge on any atom is -0.265 e. The Labute approximate surface area is 106 Å². The van der Waals surface area contributed by atoms with Gasteiger partial charge in [0.15, 0.2) is 0 Å². The molecule has 2 rings (SSSR count). The lowest BCUT2D eigenvalue weighted by atomic mass is 10.0. The standard InChI is InChI=1S/C13H13NO3S/c1-18(15,16)17-10-12-5-2-3-7-13(12)11-6-4-8-14-9-11/h2-9H,10H2,1H3. The van der Waals surface area contributed by atoms with E-state index in [1.54, 1.807) is 12.4 Å². The summed E-state index contributed by atoms with van der Waals surface area (Å²) in [6.07, 6.45) is 4.47. The van der Waals surface area contributed by atoms with Gasteiger partial charge in [0, 0.05) is 18.0 Å². The number of benzene rings is 1. The quantitative estimate of drug-likeness (QED) is 0.794. The number of rotatable bonds is 4. The van der Waals surface area contributed by atoms with Crippen molar-refractivity contribution in [1.29, 1.82) is 0 Å². The van der Waals surface area contributed by atoms with Crippen LogP contribution in [0, 0.1) is 0 Å². The van der Waals surface area contributed by atoms with Gasteiger partial charge in [0.25, 0.3) is 10.1 Å². The van der Waals surface area contributed by atoms with Crippen molar-refractivity contribution in [3.8, 4) is 11.1 Å². The maximum Gasteiger partial charge on any atom is 0.264 e. The monoisotopic (exact) mass is 263 g/mol. The van der Waals surface area contributed by atoms with Crippen molar-refractivity contribution in [3.63, 3.8) is 0 Å². The highest BCUT2D eigenvalue weighted by Gasteiger charge is 2.08. The van der Waals surface area contributed by atoms with Crippen LogP contribution < -0.4 is 0 Å². The van der Waals surface area contributed by atoms with E-state index in [0.717, 1.165) is 22.9 Å². The van der Waals surface area contributed by atoms with Crippen LogP contribution in [0.5, 0.6) is 0 Å². The summed E-state index contributed by atoms with van der Waals surface area (Å²) in [5.41, 5.74) is 2.68. The van der Waals surface area contributed by atoms with Gasteiger partial charge < -0.3 is 0 Å². The molecule has 0 bridgehead atoms. The molecule has 0 saturated carbocycles. The minimum atomic E-state index is -3.44. The third-order valence-electron chi connectivity index (χ3n) is 2.42. The molecule has 0 aliphatic rings. The van der Waals surface area contributed by atoms with Crippen LogP contribution in [0.2, 0.25) is 0 Å². The summed E-state index contributed by atoms with van der Waals surface area (Å²) in [5, 5.41) is 0. The van der Waals surface area contributed by atoms with Crippen molar-refractivity contribution >= 4 is 10.1 Å². The molecule has 0 N–H and O–H groups in total. The van der Waals surface area contributed by atoms with E-state index >= 15 is 0 Å². The van der Waals surface area contributed by atoms with Gasteiger partial charge in [-0.2, -0.15) is 8.42 Å². The minimum absolute atomic E-state index is 0.0316. The Balaban J connectivity index is 2.32. The zero-order valence-corrected chi connectivity index (χ0v) is 10.7.